The fourth-order valence-corrected chi connectivity index (χ4v) is 7.18. The number of aliphatic hydroxyl groups is 2. The smallest absolute Gasteiger partial charge is 0.155 e. The van der Waals surface area contributed by atoms with Gasteiger partial charge in [-0.25, -0.2) is 0 Å². The molecule has 3 saturated carbocycles. The molecule has 7 atom stereocenters. The van der Waals surface area contributed by atoms with Gasteiger partial charge in [0.15, 0.2) is 5.78 Å². The number of ketones is 2. The number of hydrogen-bond acceptors (Lipinski definition) is 4. The van der Waals surface area contributed by atoms with Crippen LogP contribution < -0.4 is 0 Å². The number of hydrogen-bond donors (Lipinski definition) is 2. The lowest BCUT2D eigenvalue weighted by molar-refractivity contribution is -0.149. The van der Waals surface area contributed by atoms with Crippen molar-refractivity contribution in [1.82, 2.24) is 0 Å². The maximum Gasteiger partial charge on any atom is 0.155 e. The summed E-state index contributed by atoms with van der Waals surface area (Å²) in [5, 5.41) is 19.7. The molecule has 0 radical (unpaired) electrons. The van der Waals surface area contributed by atoms with Crippen LogP contribution in [0.1, 0.15) is 58.8 Å². The fourth-order valence-electron chi connectivity index (χ4n) is 7.18. The van der Waals surface area contributed by atoms with Gasteiger partial charge in [-0.3, -0.25) is 9.59 Å². The highest BCUT2D eigenvalue weighted by Gasteiger charge is 2.62. The standard InChI is InChI=1S/C21H30O4/c1-20-8-7-13(23)9-12(20)3-4-14-15-5-6-16(18(25)11-22)21(15,2)10-17(24)19(14)20/h9,14-16,18-19,22,25H,3-8,10-11H2,1-2H3/t14-,15-,16+,18+,19+,20-,21-/m0/s1. The summed E-state index contributed by atoms with van der Waals surface area (Å²) in [6, 6.07) is 0. The summed E-state index contributed by atoms with van der Waals surface area (Å²) >= 11 is 0. The van der Waals surface area contributed by atoms with Crippen molar-refractivity contribution >= 4 is 11.6 Å². The predicted octanol–water partition coefficient (Wildman–Crippen LogP) is 2.67. The molecule has 0 unspecified atom stereocenters. The van der Waals surface area contributed by atoms with Crippen LogP contribution >= 0.6 is 0 Å². The molecule has 0 amide bonds. The Morgan fingerprint density at radius 1 is 1.20 bits per heavy atom. The SMILES string of the molecule is C[C@]12CC(=O)[C@H]3[C@@H](CCC4=CC(=O)CC[C@@]43C)[C@@H]1CC[C@@H]2[C@H](O)CO. The van der Waals surface area contributed by atoms with Crippen molar-refractivity contribution < 1.29 is 19.8 Å². The van der Waals surface area contributed by atoms with Gasteiger partial charge >= 0.3 is 0 Å². The summed E-state index contributed by atoms with van der Waals surface area (Å²) in [6.07, 6.45) is 6.83. The summed E-state index contributed by atoms with van der Waals surface area (Å²) in [7, 11) is 0. The van der Waals surface area contributed by atoms with Crippen LogP contribution in [0.25, 0.3) is 0 Å². The van der Waals surface area contributed by atoms with Gasteiger partial charge in [-0.15, -0.1) is 0 Å². The van der Waals surface area contributed by atoms with Crippen LogP contribution in [0.5, 0.6) is 0 Å². The minimum atomic E-state index is -0.721. The third kappa shape index (κ3) is 2.33. The average Bonchev–Trinajstić information content (AvgIpc) is 2.91. The molecule has 0 heterocycles. The number of Topliss-reactive ketones (excluding diaryl/α,β-unsaturated/α-hetero) is 1. The molecule has 2 N–H and O–H groups in total. The molecule has 4 rings (SSSR count). The second-order valence-corrected chi connectivity index (χ2v) is 9.42. The zero-order valence-electron chi connectivity index (χ0n) is 15.3. The van der Waals surface area contributed by atoms with Crippen LogP contribution in [-0.4, -0.2) is 34.5 Å². The number of carbonyl (C=O) groups excluding carboxylic acids is 2. The average molecular weight is 346 g/mol. The lowest BCUT2D eigenvalue weighted by Gasteiger charge is -2.57. The molecular weight excluding hydrogens is 316 g/mol. The van der Waals surface area contributed by atoms with Crippen LogP contribution in [0, 0.1) is 34.5 Å². The molecule has 25 heavy (non-hydrogen) atoms. The molecule has 138 valence electrons. The Morgan fingerprint density at radius 2 is 1.96 bits per heavy atom. The van der Waals surface area contributed by atoms with Crippen LogP contribution in [-0.2, 0) is 9.59 Å². The van der Waals surface area contributed by atoms with E-state index in [9.17, 15) is 19.8 Å². The highest BCUT2D eigenvalue weighted by atomic mass is 16.3. The van der Waals surface area contributed by atoms with Gasteiger partial charge in [-0.2, -0.15) is 0 Å². The zero-order valence-corrected chi connectivity index (χ0v) is 15.3. The first-order valence-electron chi connectivity index (χ1n) is 9.87. The van der Waals surface area contributed by atoms with E-state index in [4.69, 9.17) is 0 Å². The van der Waals surface area contributed by atoms with Crippen molar-refractivity contribution in [2.24, 2.45) is 34.5 Å². The Labute approximate surface area is 149 Å². The molecule has 0 saturated heterocycles. The molecule has 0 aromatic carbocycles. The third-order valence-electron chi connectivity index (χ3n) is 8.37. The monoisotopic (exact) mass is 346 g/mol. The van der Waals surface area contributed by atoms with Crippen molar-refractivity contribution in [3.05, 3.63) is 11.6 Å². The summed E-state index contributed by atoms with van der Waals surface area (Å²) in [6.45, 7) is 4.15. The van der Waals surface area contributed by atoms with Crippen molar-refractivity contribution in [1.29, 1.82) is 0 Å². The molecule has 0 aromatic rings. The van der Waals surface area contributed by atoms with Crippen molar-refractivity contribution in [3.8, 4) is 0 Å². The Bertz CT molecular complexity index is 638. The van der Waals surface area contributed by atoms with E-state index >= 15 is 0 Å². The highest BCUT2D eigenvalue weighted by Crippen LogP contribution is 2.65. The number of aliphatic hydroxyl groups excluding tert-OH is 2. The van der Waals surface area contributed by atoms with Gasteiger partial charge in [-0.05, 0) is 66.8 Å². The normalized spacial score (nSPS) is 47.6. The van der Waals surface area contributed by atoms with Gasteiger partial charge in [0, 0.05) is 18.8 Å². The number of allylic oxidation sites excluding steroid dienone is 1. The van der Waals surface area contributed by atoms with Crippen LogP contribution in [0.3, 0.4) is 0 Å². The van der Waals surface area contributed by atoms with Gasteiger partial charge in [-0.1, -0.05) is 19.4 Å². The fraction of sp³-hybridized carbons (Fsp3) is 0.810. The van der Waals surface area contributed by atoms with Gasteiger partial charge in [0.1, 0.15) is 5.78 Å². The second-order valence-electron chi connectivity index (χ2n) is 9.42. The van der Waals surface area contributed by atoms with Crippen molar-refractivity contribution in [2.45, 2.75) is 64.9 Å². The second kappa shape index (κ2) is 5.75. The van der Waals surface area contributed by atoms with E-state index in [1.54, 1.807) is 0 Å². The van der Waals surface area contributed by atoms with Gasteiger partial charge in [0.05, 0.1) is 12.7 Å². The first-order valence-corrected chi connectivity index (χ1v) is 9.87. The number of carbonyl (C=O) groups is 2. The summed E-state index contributed by atoms with van der Waals surface area (Å²) in [4.78, 5) is 25.2. The first kappa shape index (κ1) is 17.4. The lowest BCUT2D eigenvalue weighted by atomic mass is 9.46. The Balaban J connectivity index is 1.70. The van der Waals surface area contributed by atoms with E-state index < -0.39 is 6.10 Å². The summed E-state index contributed by atoms with van der Waals surface area (Å²) < 4.78 is 0. The maximum atomic E-state index is 13.3. The lowest BCUT2D eigenvalue weighted by Crippen LogP contribution is -2.55. The Kier molecular flexibility index (Phi) is 4.01. The number of fused-ring (bicyclic) bond motifs is 5. The van der Waals surface area contributed by atoms with Gasteiger partial charge < -0.3 is 10.2 Å². The van der Waals surface area contributed by atoms with Crippen molar-refractivity contribution in [3.63, 3.8) is 0 Å². The van der Waals surface area contributed by atoms with Crippen LogP contribution in [0.15, 0.2) is 11.6 Å². The topological polar surface area (TPSA) is 74.6 Å². The predicted molar refractivity (Wildman–Crippen MR) is 93.7 cm³/mol. The third-order valence-corrected chi connectivity index (χ3v) is 8.37. The van der Waals surface area contributed by atoms with Crippen LogP contribution in [0.2, 0.25) is 0 Å². The van der Waals surface area contributed by atoms with E-state index in [2.05, 4.69) is 13.8 Å². The molecule has 0 aliphatic heterocycles. The minimum absolute atomic E-state index is 0.0186. The summed E-state index contributed by atoms with van der Waals surface area (Å²) in [5.41, 5.74) is 0.859. The molecule has 0 aromatic heterocycles. The molecule has 4 aliphatic rings. The van der Waals surface area contributed by atoms with E-state index in [-0.39, 0.29) is 35.1 Å². The van der Waals surface area contributed by atoms with Gasteiger partial charge in [0.25, 0.3) is 0 Å². The van der Waals surface area contributed by atoms with E-state index in [1.165, 1.54) is 5.57 Å². The molecule has 3 fully saturated rings. The molecule has 0 bridgehead atoms. The molecule has 4 nitrogen and oxygen atoms in total. The zero-order chi connectivity index (χ0) is 18.0. The number of rotatable bonds is 2. The van der Waals surface area contributed by atoms with E-state index in [0.29, 0.717) is 30.5 Å². The Morgan fingerprint density at radius 3 is 2.68 bits per heavy atom. The van der Waals surface area contributed by atoms with Gasteiger partial charge in [0.2, 0.25) is 0 Å². The maximum absolute atomic E-state index is 13.3. The highest BCUT2D eigenvalue weighted by molar-refractivity contribution is 5.93. The molecular formula is C21H30O4. The minimum Gasteiger partial charge on any atom is -0.394 e. The van der Waals surface area contributed by atoms with E-state index in [1.807, 2.05) is 6.08 Å². The first-order chi connectivity index (χ1) is 11.8. The molecule has 0 spiro atoms. The van der Waals surface area contributed by atoms with Crippen molar-refractivity contribution in [2.75, 3.05) is 6.61 Å². The summed E-state index contributed by atoms with van der Waals surface area (Å²) in [5.74, 6) is 1.39. The molecule has 4 heteroatoms. The molecule has 4 aliphatic carbocycles. The Hall–Kier alpha value is -1.00. The van der Waals surface area contributed by atoms with E-state index in [0.717, 1.165) is 32.1 Å². The van der Waals surface area contributed by atoms with Crippen LogP contribution in [0.4, 0.5) is 0 Å². The quantitative estimate of drug-likeness (QED) is 0.806. The largest absolute Gasteiger partial charge is 0.394 e.